The minimum atomic E-state index is -0.0774. The van der Waals surface area contributed by atoms with Gasteiger partial charge >= 0.3 is 6.03 Å². The number of urea groups is 1. The number of methoxy groups -OCH3 is 1. The van der Waals surface area contributed by atoms with Gasteiger partial charge in [0.2, 0.25) is 0 Å². The molecule has 5 nitrogen and oxygen atoms in total. The molecule has 1 saturated heterocycles. The van der Waals surface area contributed by atoms with Crippen molar-refractivity contribution < 1.29 is 14.3 Å². The molecule has 0 aromatic carbocycles. The fourth-order valence-corrected chi connectivity index (χ4v) is 3.16. The van der Waals surface area contributed by atoms with Crippen LogP contribution in [0.3, 0.4) is 0 Å². The minimum Gasteiger partial charge on any atom is -0.382 e. The number of ether oxygens (including phenoxy) is 2. The fourth-order valence-electron chi connectivity index (χ4n) is 2.10. The Kier molecular flexibility index (Phi) is 5.65. The van der Waals surface area contributed by atoms with Crippen LogP contribution in [0, 0.1) is 0 Å². The maximum atomic E-state index is 12.2. The maximum absolute atomic E-state index is 12.2. The van der Waals surface area contributed by atoms with E-state index in [2.05, 4.69) is 5.32 Å². The minimum absolute atomic E-state index is 0.0500. The molecule has 2 heterocycles. The van der Waals surface area contributed by atoms with E-state index < -0.39 is 0 Å². The Morgan fingerprint density at radius 1 is 1.70 bits per heavy atom. The number of carbonyl (C=O) groups is 1. The summed E-state index contributed by atoms with van der Waals surface area (Å²) in [5.41, 5.74) is 0. The third kappa shape index (κ3) is 4.09. The lowest BCUT2D eigenvalue weighted by Crippen LogP contribution is -2.51. The van der Waals surface area contributed by atoms with Crippen LogP contribution in [-0.2, 0) is 9.47 Å². The zero-order valence-electron chi connectivity index (χ0n) is 11.6. The third-order valence-electron chi connectivity index (χ3n) is 3.14. The first-order valence-electron chi connectivity index (χ1n) is 6.51. The summed E-state index contributed by atoms with van der Waals surface area (Å²) in [5, 5.41) is 2.98. The molecule has 2 atom stereocenters. The van der Waals surface area contributed by atoms with Crippen molar-refractivity contribution >= 4 is 29.0 Å². The number of halogens is 1. The molecule has 1 aromatic rings. The Morgan fingerprint density at radius 3 is 3.15 bits per heavy atom. The highest BCUT2D eigenvalue weighted by atomic mass is 35.5. The molecule has 2 rings (SSSR count). The van der Waals surface area contributed by atoms with Crippen molar-refractivity contribution in [3.05, 3.63) is 21.3 Å². The molecule has 0 bridgehead atoms. The van der Waals surface area contributed by atoms with E-state index in [4.69, 9.17) is 21.1 Å². The molecule has 1 aliphatic rings. The van der Waals surface area contributed by atoms with Gasteiger partial charge in [-0.1, -0.05) is 11.6 Å². The lowest BCUT2D eigenvalue weighted by atomic mass is 10.2. The molecule has 1 fully saturated rings. The number of nitrogens with one attached hydrogen (secondary N) is 1. The summed E-state index contributed by atoms with van der Waals surface area (Å²) in [6.45, 7) is 4.15. The second-order valence-electron chi connectivity index (χ2n) is 4.71. The number of nitrogens with zero attached hydrogens (tertiary/aromatic N) is 1. The van der Waals surface area contributed by atoms with Gasteiger partial charge in [0, 0.05) is 18.5 Å². The molecule has 0 spiro atoms. The standard InChI is InChI=1S/C13H19ClN2O3S/c1-9(11-3-4-12(14)20-11)15-13(17)16-5-6-19-10(7-16)8-18-2/h3-4,9-10H,5-8H2,1-2H3,(H,15,17)/t9-,10+/m1/s1. The van der Waals surface area contributed by atoms with Crippen LogP contribution < -0.4 is 5.32 Å². The number of hydrogen-bond donors (Lipinski definition) is 1. The van der Waals surface area contributed by atoms with Gasteiger partial charge in [-0.2, -0.15) is 0 Å². The number of carbonyl (C=O) groups excluding carboxylic acids is 1. The zero-order valence-corrected chi connectivity index (χ0v) is 13.2. The molecule has 0 radical (unpaired) electrons. The Balaban J connectivity index is 1.87. The fraction of sp³-hybridized carbons (Fsp3) is 0.615. The van der Waals surface area contributed by atoms with Gasteiger partial charge < -0.3 is 19.7 Å². The smallest absolute Gasteiger partial charge is 0.318 e. The van der Waals surface area contributed by atoms with Crippen LogP contribution in [0.5, 0.6) is 0 Å². The van der Waals surface area contributed by atoms with E-state index in [-0.39, 0.29) is 18.2 Å². The summed E-state index contributed by atoms with van der Waals surface area (Å²) < 4.78 is 11.3. The van der Waals surface area contributed by atoms with E-state index in [9.17, 15) is 4.79 Å². The molecule has 1 aliphatic heterocycles. The summed E-state index contributed by atoms with van der Waals surface area (Å²) >= 11 is 7.39. The molecule has 0 aliphatic carbocycles. The summed E-state index contributed by atoms with van der Waals surface area (Å²) in [5.74, 6) is 0. The molecule has 0 saturated carbocycles. The van der Waals surface area contributed by atoms with Gasteiger partial charge in [0.05, 0.1) is 36.2 Å². The molecule has 112 valence electrons. The highest BCUT2D eigenvalue weighted by Crippen LogP contribution is 2.26. The zero-order chi connectivity index (χ0) is 14.5. The second kappa shape index (κ2) is 7.26. The SMILES string of the molecule is COC[C@@H]1CN(C(=O)N[C@H](C)c2ccc(Cl)s2)CCO1. The van der Waals surface area contributed by atoms with Crippen molar-refractivity contribution in [1.29, 1.82) is 0 Å². The Hall–Kier alpha value is -0.820. The average Bonchev–Trinajstić information content (AvgIpc) is 2.86. The Labute approximate surface area is 127 Å². The quantitative estimate of drug-likeness (QED) is 0.928. The van der Waals surface area contributed by atoms with E-state index >= 15 is 0 Å². The molecule has 7 heteroatoms. The van der Waals surface area contributed by atoms with Crippen molar-refractivity contribution in [3.63, 3.8) is 0 Å². The van der Waals surface area contributed by atoms with E-state index in [0.717, 1.165) is 9.21 Å². The third-order valence-corrected chi connectivity index (χ3v) is 4.55. The van der Waals surface area contributed by atoms with E-state index in [1.54, 1.807) is 12.0 Å². The van der Waals surface area contributed by atoms with Gasteiger partial charge in [0.15, 0.2) is 0 Å². The van der Waals surface area contributed by atoms with Crippen molar-refractivity contribution in [3.8, 4) is 0 Å². The molecule has 1 aromatic heterocycles. The van der Waals surface area contributed by atoms with Crippen LogP contribution in [-0.4, -0.2) is 50.4 Å². The molecule has 2 amide bonds. The number of thiophene rings is 1. The number of rotatable bonds is 4. The number of morpholine rings is 1. The molecule has 0 unspecified atom stereocenters. The second-order valence-corrected chi connectivity index (χ2v) is 6.45. The summed E-state index contributed by atoms with van der Waals surface area (Å²) in [6.07, 6.45) is -0.0500. The van der Waals surface area contributed by atoms with Gasteiger partial charge in [-0.15, -0.1) is 11.3 Å². The maximum Gasteiger partial charge on any atom is 0.318 e. The van der Waals surface area contributed by atoms with Crippen LogP contribution in [0.1, 0.15) is 17.8 Å². The predicted octanol–water partition coefficient (Wildman–Crippen LogP) is 2.52. The van der Waals surface area contributed by atoms with Crippen molar-refractivity contribution in [1.82, 2.24) is 10.2 Å². The Morgan fingerprint density at radius 2 is 2.50 bits per heavy atom. The van der Waals surface area contributed by atoms with E-state index in [0.29, 0.717) is 26.3 Å². The van der Waals surface area contributed by atoms with Crippen molar-refractivity contribution in [2.24, 2.45) is 0 Å². The topological polar surface area (TPSA) is 50.8 Å². The van der Waals surface area contributed by atoms with Crippen LogP contribution in [0.15, 0.2) is 12.1 Å². The lowest BCUT2D eigenvalue weighted by Gasteiger charge is -2.33. The van der Waals surface area contributed by atoms with Crippen LogP contribution >= 0.6 is 22.9 Å². The van der Waals surface area contributed by atoms with Crippen molar-refractivity contribution in [2.45, 2.75) is 19.1 Å². The van der Waals surface area contributed by atoms with Crippen LogP contribution in [0.4, 0.5) is 4.79 Å². The lowest BCUT2D eigenvalue weighted by molar-refractivity contribution is -0.0496. The highest BCUT2D eigenvalue weighted by molar-refractivity contribution is 7.16. The van der Waals surface area contributed by atoms with E-state index in [1.807, 2.05) is 19.1 Å². The first kappa shape index (κ1) is 15.6. The first-order valence-corrected chi connectivity index (χ1v) is 7.71. The summed E-state index contributed by atoms with van der Waals surface area (Å²) in [6, 6.07) is 3.65. The van der Waals surface area contributed by atoms with Gasteiger partial charge in [-0.05, 0) is 19.1 Å². The molecular weight excluding hydrogens is 300 g/mol. The number of amides is 2. The van der Waals surface area contributed by atoms with Gasteiger partial charge in [-0.3, -0.25) is 0 Å². The monoisotopic (exact) mass is 318 g/mol. The molecular formula is C13H19ClN2O3S. The average molecular weight is 319 g/mol. The van der Waals surface area contributed by atoms with Gasteiger partial charge in [0.25, 0.3) is 0 Å². The first-order chi connectivity index (χ1) is 9.60. The predicted molar refractivity (Wildman–Crippen MR) is 79.5 cm³/mol. The largest absolute Gasteiger partial charge is 0.382 e. The van der Waals surface area contributed by atoms with Crippen LogP contribution in [0.25, 0.3) is 0 Å². The molecule has 1 N–H and O–H groups in total. The number of hydrogen-bond acceptors (Lipinski definition) is 4. The normalized spacial score (nSPS) is 20.8. The molecule has 20 heavy (non-hydrogen) atoms. The van der Waals surface area contributed by atoms with Gasteiger partial charge in [0.1, 0.15) is 0 Å². The summed E-state index contributed by atoms with van der Waals surface area (Å²) in [4.78, 5) is 15.0. The van der Waals surface area contributed by atoms with Crippen molar-refractivity contribution in [2.75, 3.05) is 33.4 Å². The van der Waals surface area contributed by atoms with Gasteiger partial charge in [-0.25, -0.2) is 4.79 Å². The van der Waals surface area contributed by atoms with Crippen LogP contribution in [0.2, 0.25) is 4.34 Å². The summed E-state index contributed by atoms with van der Waals surface area (Å²) in [7, 11) is 1.63. The van der Waals surface area contributed by atoms with E-state index in [1.165, 1.54) is 11.3 Å². The Bertz CT molecular complexity index is 453. The highest BCUT2D eigenvalue weighted by Gasteiger charge is 2.25.